The van der Waals surface area contributed by atoms with Gasteiger partial charge in [0.05, 0.1) is 18.0 Å². The first-order valence-electron chi connectivity index (χ1n) is 9.00. The van der Waals surface area contributed by atoms with Crippen LogP contribution in [-0.4, -0.2) is 22.0 Å². The van der Waals surface area contributed by atoms with Gasteiger partial charge in [-0.15, -0.1) is 0 Å². The van der Waals surface area contributed by atoms with Gasteiger partial charge in [-0.3, -0.25) is 4.90 Å². The molecule has 0 spiro atoms. The molecule has 0 saturated heterocycles. The molecule has 0 amide bonds. The molecule has 0 radical (unpaired) electrons. The number of ether oxygens (including phenoxy) is 1. The molecule has 0 fully saturated rings. The summed E-state index contributed by atoms with van der Waals surface area (Å²) in [7, 11) is 0. The highest BCUT2D eigenvalue weighted by atomic mass is 32.1. The van der Waals surface area contributed by atoms with Gasteiger partial charge in [-0.2, -0.15) is 0 Å². The lowest BCUT2D eigenvalue weighted by atomic mass is 10.0. The second-order valence-electron chi connectivity index (χ2n) is 6.34. The summed E-state index contributed by atoms with van der Waals surface area (Å²) in [5.74, 6) is -0.0664. The van der Waals surface area contributed by atoms with E-state index >= 15 is 0 Å². The third kappa shape index (κ3) is 3.00. The third-order valence-corrected chi connectivity index (χ3v) is 4.96. The Labute approximate surface area is 168 Å². The summed E-state index contributed by atoms with van der Waals surface area (Å²) in [4.78, 5) is 1.73. The fraction of sp³-hybridized carbons (Fsp3) is 0.0870. The number of phenolic OH excluding ortho intramolecular Hbond substituents is 2. The van der Waals surface area contributed by atoms with Crippen molar-refractivity contribution in [2.24, 2.45) is 0 Å². The normalized spacial score (nSPS) is 10.9. The molecule has 4 aromatic rings. The first kappa shape index (κ1) is 18.1. The molecule has 4 nitrogen and oxygen atoms in total. The molecule has 0 heterocycles. The molecule has 28 heavy (non-hydrogen) atoms. The van der Waals surface area contributed by atoms with Gasteiger partial charge in [0.15, 0.2) is 0 Å². The molecule has 0 unspecified atom stereocenters. The van der Waals surface area contributed by atoms with E-state index in [4.69, 9.17) is 17.0 Å². The maximum absolute atomic E-state index is 10.8. The maximum atomic E-state index is 10.8. The van der Waals surface area contributed by atoms with E-state index < -0.39 is 0 Å². The number of rotatable bonds is 3. The molecule has 0 aliphatic heterocycles. The van der Waals surface area contributed by atoms with Gasteiger partial charge >= 0.3 is 0 Å². The van der Waals surface area contributed by atoms with Crippen molar-refractivity contribution >= 4 is 50.3 Å². The van der Waals surface area contributed by atoms with Crippen molar-refractivity contribution in [3.05, 3.63) is 72.8 Å². The maximum Gasteiger partial charge on any atom is 0.268 e. The molecule has 0 aliphatic rings. The van der Waals surface area contributed by atoms with Gasteiger partial charge in [-0.1, -0.05) is 60.7 Å². The number of phenols is 2. The molecule has 0 bridgehead atoms. The van der Waals surface area contributed by atoms with E-state index in [1.165, 1.54) is 6.07 Å². The summed E-state index contributed by atoms with van der Waals surface area (Å²) in [6.45, 7) is 2.26. The van der Waals surface area contributed by atoms with Crippen LogP contribution in [0.1, 0.15) is 6.92 Å². The van der Waals surface area contributed by atoms with Crippen LogP contribution in [0.4, 0.5) is 11.4 Å². The summed E-state index contributed by atoms with van der Waals surface area (Å²) in [5.41, 5.74) is 1.27. The topological polar surface area (TPSA) is 52.9 Å². The van der Waals surface area contributed by atoms with E-state index in [2.05, 4.69) is 0 Å². The predicted molar refractivity (Wildman–Crippen MR) is 118 cm³/mol. The second-order valence-corrected chi connectivity index (χ2v) is 6.69. The largest absolute Gasteiger partial charge is 0.507 e. The molecule has 140 valence electrons. The van der Waals surface area contributed by atoms with Crippen LogP contribution >= 0.6 is 12.2 Å². The molecule has 4 rings (SSSR count). The van der Waals surface area contributed by atoms with Crippen LogP contribution < -0.4 is 4.90 Å². The van der Waals surface area contributed by atoms with Crippen LogP contribution in [0.2, 0.25) is 0 Å². The zero-order valence-corrected chi connectivity index (χ0v) is 16.1. The molecule has 4 aromatic carbocycles. The monoisotopic (exact) mass is 389 g/mol. The number of nitrogens with zero attached hydrogens (tertiary/aromatic N) is 1. The Balaban J connectivity index is 2.07. The number of anilines is 2. The van der Waals surface area contributed by atoms with Gasteiger partial charge in [0, 0.05) is 22.2 Å². The van der Waals surface area contributed by atoms with Crippen LogP contribution in [0.25, 0.3) is 21.5 Å². The van der Waals surface area contributed by atoms with Gasteiger partial charge in [0.2, 0.25) is 0 Å². The van der Waals surface area contributed by atoms with E-state index in [0.29, 0.717) is 23.1 Å². The molecule has 0 aromatic heterocycles. The zero-order chi connectivity index (χ0) is 19.7. The lowest BCUT2D eigenvalue weighted by Gasteiger charge is -2.28. The molecule has 0 atom stereocenters. The van der Waals surface area contributed by atoms with E-state index in [0.717, 1.165) is 16.5 Å². The predicted octanol–water partition coefficient (Wildman–Crippen LogP) is 5.86. The lowest BCUT2D eigenvalue weighted by molar-refractivity contribution is 0.330. The van der Waals surface area contributed by atoms with Gasteiger partial charge in [-0.25, -0.2) is 0 Å². The minimum absolute atomic E-state index is 0.0112. The summed E-state index contributed by atoms with van der Waals surface area (Å²) in [6, 6.07) is 22.6. The Hall–Kier alpha value is -3.31. The van der Waals surface area contributed by atoms with Crippen molar-refractivity contribution in [1.29, 1.82) is 0 Å². The summed E-state index contributed by atoms with van der Waals surface area (Å²) >= 11 is 5.59. The van der Waals surface area contributed by atoms with E-state index in [-0.39, 0.29) is 16.7 Å². The van der Waals surface area contributed by atoms with E-state index in [1.54, 1.807) is 11.0 Å². The molecule has 0 saturated carbocycles. The van der Waals surface area contributed by atoms with Gasteiger partial charge < -0.3 is 14.9 Å². The highest BCUT2D eigenvalue weighted by molar-refractivity contribution is 7.80. The summed E-state index contributed by atoms with van der Waals surface area (Å²) < 4.78 is 5.68. The van der Waals surface area contributed by atoms with Crippen LogP contribution in [0.3, 0.4) is 0 Å². The van der Waals surface area contributed by atoms with Crippen LogP contribution in [0, 0.1) is 0 Å². The minimum Gasteiger partial charge on any atom is -0.507 e. The van der Waals surface area contributed by atoms with Crippen molar-refractivity contribution in [2.45, 2.75) is 6.92 Å². The Morgan fingerprint density at radius 3 is 2.25 bits per heavy atom. The van der Waals surface area contributed by atoms with Crippen LogP contribution in [0.15, 0.2) is 72.8 Å². The van der Waals surface area contributed by atoms with E-state index in [9.17, 15) is 10.2 Å². The fourth-order valence-electron chi connectivity index (χ4n) is 3.46. The summed E-state index contributed by atoms with van der Waals surface area (Å²) in [6.07, 6.45) is 0. The van der Waals surface area contributed by atoms with Crippen LogP contribution in [-0.2, 0) is 4.74 Å². The number of fused-ring (bicyclic) bond motifs is 2. The van der Waals surface area contributed by atoms with Crippen molar-refractivity contribution in [2.75, 3.05) is 11.5 Å². The van der Waals surface area contributed by atoms with Gasteiger partial charge in [0.1, 0.15) is 11.5 Å². The molecule has 0 aliphatic carbocycles. The van der Waals surface area contributed by atoms with Gasteiger partial charge in [0.25, 0.3) is 5.17 Å². The van der Waals surface area contributed by atoms with E-state index in [1.807, 2.05) is 67.6 Å². The highest BCUT2D eigenvalue weighted by Gasteiger charge is 2.24. The van der Waals surface area contributed by atoms with Gasteiger partial charge in [-0.05, 0) is 30.6 Å². The Kier molecular flexibility index (Phi) is 4.75. The number of aromatic hydroxyl groups is 2. The number of hydrogen-bond donors (Lipinski definition) is 2. The van der Waals surface area contributed by atoms with Crippen molar-refractivity contribution < 1.29 is 14.9 Å². The average molecular weight is 389 g/mol. The van der Waals surface area contributed by atoms with Crippen LogP contribution in [0.5, 0.6) is 11.5 Å². The number of thiocarbonyl (C=S) groups is 1. The average Bonchev–Trinajstić information content (AvgIpc) is 2.71. The first-order valence-corrected chi connectivity index (χ1v) is 9.41. The quantitative estimate of drug-likeness (QED) is 0.430. The number of benzene rings is 4. The number of hydrogen-bond acceptors (Lipinski definition) is 4. The highest BCUT2D eigenvalue weighted by Crippen LogP contribution is 2.45. The molecule has 5 heteroatoms. The fourth-order valence-corrected chi connectivity index (χ4v) is 3.77. The second kappa shape index (κ2) is 7.37. The first-order chi connectivity index (χ1) is 13.6. The SMILES string of the molecule is CCOC(=S)N(c1cccc2ccccc12)c1c(O)cc(O)c2ccccc12. The smallest absolute Gasteiger partial charge is 0.268 e. The van der Waals surface area contributed by atoms with Crippen molar-refractivity contribution in [3.8, 4) is 11.5 Å². The minimum atomic E-state index is -0.0776. The van der Waals surface area contributed by atoms with Crippen molar-refractivity contribution in [3.63, 3.8) is 0 Å². The third-order valence-electron chi connectivity index (χ3n) is 4.66. The summed E-state index contributed by atoms with van der Waals surface area (Å²) in [5, 5.41) is 24.6. The molecular weight excluding hydrogens is 370 g/mol. The Morgan fingerprint density at radius 1 is 0.857 bits per heavy atom. The molecule has 2 N–H and O–H groups in total. The Morgan fingerprint density at radius 2 is 1.50 bits per heavy atom. The zero-order valence-electron chi connectivity index (χ0n) is 15.3. The Bertz CT molecular complexity index is 1180. The van der Waals surface area contributed by atoms with Crippen molar-refractivity contribution in [1.82, 2.24) is 0 Å². The standard InChI is InChI=1S/C23H19NO3S/c1-2-27-23(28)24(19-13-7-9-15-8-3-4-10-16(15)19)22-18-12-6-5-11-17(18)20(25)14-21(22)26/h3-14,25-26H,2H2,1H3. The molecular formula is C23H19NO3S. The lowest BCUT2D eigenvalue weighted by Crippen LogP contribution is -2.27.